The molecule has 0 bridgehead atoms. The lowest BCUT2D eigenvalue weighted by atomic mass is 10.0. The molecule has 32 heavy (non-hydrogen) atoms. The van der Waals surface area contributed by atoms with E-state index in [1.807, 2.05) is 42.6 Å². The number of hydrogen-bond donors (Lipinski definition) is 3. The highest BCUT2D eigenvalue weighted by Gasteiger charge is 2.14. The normalized spacial score (nSPS) is 15.1. The lowest BCUT2D eigenvalue weighted by Crippen LogP contribution is -2.44. The number of aliphatic imine (C=N–C) groups is 1. The fraction of sp³-hybridized carbons (Fsp3) is 0.200. The first kappa shape index (κ1) is 20.1. The molecule has 7 heteroatoms. The van der Waals surface area contributed by atoms with Gasteiger partial charge in [-0.1, -0.05) is 6.07 Å². The van der Waals surface area contributed by atoms with Crippen LogP contribution < -0.4 is 10.5 Å². The predicted molar refractivity (Wildman–Crippen MR) is 129 cm³/mol. The molecule has 2 aromatic carbocycles. The number of benzene rings is 2. The molecule has 1 saturated heterocycles. The third-order valence-corrected chi connectivity index (χ3v) is 6.01. The van der Waals surface area contributed by atoms with Crippen molar-refractivity contribution in [1.82, 2.24) is 14.9 Å². The Labute approximate surface area is 185 Å². The molecular formula is C25H25N5O2. The van der Waals surface area contributed by atoms with Crippen LogP contribution in [0.4, 0.5) is 11.4 Å². The van der Waals surface area contributed by atoms with Gasteiger partial charge in [-0.3, -0.25) is 14.8 Å². The van der Waals surface area contributed by atoms with Crippen molar-refractivity contribution >= 4 is 28.4 Å². The molecule has 1 fully saturated rings. The molecule has 162 valence electrons. The third kappa shape index (κ3) is 3.90. The number of piperazine rings is 1. The van der Waals surface area contributed by atoms with E-state index in [4.69, 9.17) is 0 Å². The van der Waals surface area contributed by atoms with Crippen LogP contribution in [0.3, 0.4) is 0 Å². The first-order valence-electron chi connectivity index (χ1n) is 10.7. The van der Waals surface area contributed by atoms with Crippen molar-refractivity contribution in [2.75, 3.05) is 38.1 Å². The van der Waals surface area contributed by atoms with Gasteiger partial charge in [0, 0.05) is 60.7 Å². The van der Waals surface area contributed by atoms with Crippen LogP contribution in [-0.2, 0) is 0 Å². The molecule has 3 N–H and O–H groups in total. The molecule has 0 atom stereocenters. The van der Waals surface area contributed by atoms with Gasteiger partial charge in [0.05, 0.1) is 11.3 Å². The van der Waals surface area contributed by atoms with E-state index in [1.54, 1.807) is 12.3 Å². The molecule has 0 amide bonds. The predicted octanol–water partition coefficient (Wildman–Crippen LogP) is 3.73. The third-order valence-electron chi connectivity index (χ3n) is 6.01. The summed E-state index contributed by atoms with van der Waals surface area (Å²) in [4.78, 5) is 27.3. The monoisotopic (exact) mass is 427 g/mol. The van der Waals surface area contributed by atoms with Gasteiger partial charge < -0.3 is 19.9 Å². The molecule has 7 nitrogen and oxygen atoms in total. The second-order valence-electron chi connectivity index (χ2n) is 8.13. The van der Waals surface area contributed by atoms with E-state index in [9.17, 15) is 9.90 Å². The molecular weight excluding hydrogens is 402 g/mol. The van der Waals surface area contributed by atoms with Crippen LogP contribution in [0.25, 0.3) is 22.0 Å². The summed E-state index contributed by atoms with van der Waals surface area (Å²) in [6, 6.07) is 17.5. The summed E-state index contributed by atoms with van der Waals surface area (Å²) < 4.78 is 0. The average molecular weight is 428 g/mol. The van der Waals surface area contributed by atoms with Gasteiger partial charge in [-0.25, -0.2) is 0 Å². The molecule has 0 aliphatic carbocycles. The molecule has 5 rings (SSSR count). The van der Waals surface area contributed by atoms with Gasteiger partial charge >= 0.3 is 0 Å². The molecule has 1 aliphatic heterocycles. The second kappa shape index (κ2) is 8.36. The molecule has 1 aliphatic rings. The van der Waals surface area contributed by atoms with E-state index < -0.39 is 0 Å². The highest BCUT2D eigenvalue weighted by molar-refractivity contribution is 6.03. The summed E-state index contributed by atoms with van der Waals surface area (Å²) in [5, 5.41) is 11.6. The number of nitrogens with one attached hydrogen (secondary N) is 2. The van der Waals surface area contributed by atoms with E-state index in [0.717, 1.165) is 43.1 Å². The Hall–Kier alpha value is -3.84. The number of rotatable bonds is 4. The maximum Gasteiger partial charge on any atom is 0.258 e. The zero-order chi connectivity index (χ0) is 22.1. The SMILES string of the molecule is CN1CCN(c2ccc(N=Cc3c(O)[nH]c(=O)c4ccc(-c5ccc[nH]5)cc34)cc2)CC1. The number of aromatic hydroxyl groups is 1. The first-order chi connectivity index (χ1) is 15.6. The Morgan fingerprint density at radius 1 is 1.00 bits per heavy atom. The van der Waals surface area contributed by atoms with E-state index in [1.165, 1.54) is 5.69 Å². The van der Waals surface area contributed by atoms with E-state index in [2.05, 4.69) is 43.9 Å². The number of hydrogen-bond acceptors (Lipinski definition) is 5. The zero-order valence-corrected chi connectivity index (χ0v) is 17.9. The van der Waals surface area contributed by atoms with Crippen molar-refractivity contribution in [1.29, 1.82) is 0 Å². The van der Waals surface area contributed by atoms with Crippen molar-refractivity contribution in [2.24, 2.45) is 4.99 Å². The minimum atomic E-state index is -0.329. The molecule has 0 unspecified atom stereocenters. The van der Waals surface area contributed by atoms with Crippen molar-refractivity contribution < 1.29 is 5.11 Å². The Morgan fingerprint density at radius 2 is 1.78 bits per heavy atom. The average Bonchev–Trinajstić information content (AvgIpc) is 3.35. The fourth-order valence-electron chi connectivity index (χ4n) is 4.10. The van der Waals surface area contributed by atoms with Gasteiger partial charge in [-0.05, 0) is 61.1 Å². The number of anilines is 1. The lowest BCUT2D eigenvalue weighted by Gasteiger charge is -2.34. The first-order valence-corrected chi connectivity index (χ1v) is 10.7. The van der Waals surface area contributed by atoms with Gasteiger partial charge in [-0.2, -0.15) is 0 Å². The van der Waals surface area contributed by atoms with Crippen LogP contribution in [0.2, 0.25) is 0 Å². The Balaban J connectivity index is 1.46. The maximum absolute atomic E-state index is 12.4. The van der Waals surface area contributed by atoms with Gasteiger partial charge in [0.1, 0.15) is 0 Å². The quantitative estimate of drug-likeness (QED) is 0.433. The van der Waals surface area contributed by atoms with Crippen molar-refractivity contribution in [2.45, 2.75) is 0 Å². The fourth-order valence-corrected chi connectivity index (χ4v) is 4.10. The van der Waals surface area contributed by atoms with E-state index in [0.29, 0.717) is 16.3 Å². The van der Waals surface area contributed by atoms with Crippen LogP contribution in [0.15, 0.2) is 70.6 Å². The van der Waals surface area contributed by atoms with E-state index >= 15 is 0 Å². The highest BCUT2D eigenvalue weighted by atomic mass is 16.3. The number of fused-ring (bicyclic) bond motifs is 1. The molecule has 2 aromatic heterocycles. The van der Waals surface area contributed by atoms with Crippen LogP contribution in [0.1, 0.15) is 5.56 Å². The Bertz CT molecular complexity index is 1320. The lowest BCUT2D eigenvalue weighted by molar-refractivity contribution is 0.313. The summed E-state index contributed by atoms with van der Waals surface area (Å²) in [7, 11) is 2.14. The Morgan fingerprint density at radius 3 is 2.50 bits per heavy atom. The number of pyridine rings is 1. The number of nitrogens with zero attached hydrogens (tertiary/aromatic N) is 3. The van der Waals surface area contributed by atoms with Crippen molar-refractivity contribution in [3.63, 3.8) is 0 Å². The van der Waals surface area contributed by atoms with Crippen LogP contribution in [0.5, 0.6) is 5.88 Å². The number of H-pyrrole nitrogens is 2. The smallest absolute Gasteiger partial charge is 0.258 e. The van der Waals surface area contributed by atoms with E-state index in [-0.39, 0.29) is 11.4 Å². The van der Waals surface area contributed by atoms with Crippen LogP contribution >= 0.6 is 0 Å². The standard InChI is InChI=1S/C25H25N5O2/c1-29-11-13-30(14-12-29)19-7-5-18(6-8-19)27-16-22-21-15-17(23-3-2-10-26-23)4-9-20(21)24(31)28-25(22)32/h2-10,15-16,26H,11-14H2,1H3,(H2,28,31,32). The number of aromatic nitrogens is 2. The summed E-state index contributed by atoms with van der Waals surface area (Å²) >= 11 is 0. The van der Waals surface area contributed by atoms with Gasteiger partial charge in [0.15, 0.2) is 0 Å². The number of likely N-dealkylation sites (N-methyl/N-ethyl adjacent to an activating group) is 1. The molecule has 4 aromatic rings. The van der Waals surface area contributed by atoms with Crippen LogP contribution in [-0.4, -0.2) is 59.4 Å². The molecule has 0 spiro atoms. The second-order valence-corrected chi connectivity index (χ2v) is 8.13. The summed E-state index contributed by atoms with van der Waals surface area (Å²) in [6.45, 7) is 4.14. The zero-order valence-electron chi connectivity index (χ0n) is 17.9. The van der Waals surface area contributed by atoms with Gasteiger partial charge in [0.2, 0.25) is 5.88 Å². The largest absolute Gasteiger partial charge is 0.494 e. The highest BCUT2D eigenvalue weighted by Crippen LogP contribution is 2.27. The van der Waals surface area contributed by atoms with Crippen molar-refractivity contribution in [3.8, 4) is 17.1 Å². The minimum Gasteiger partial charge on any atom is -0.494 e. The van der Waals surface area contributed by atoms with Gasteiger partial charge in [0.25, 0.3) is 5.56 Å². The molecule has 0 radical (unpaired) electrons. The number of aromatic amines is 2. The van der Waals surface area contributed by atoms with Crippen molar-refractivity contribution in [3.05, 3.63) is 76.7 Å². The molecule has 0 saturated carbocycles. The summed E-state index contributed by atoms with van der Waals surface area (Å²) in [5.74, 6) is -0.191. The molecule has 3 heterocycles. The topological polar surface area (TPSA) is 87.7 Å². The van der Waals surface area contributed by atoms with Gasteiger partial charge in [-0.15, -0.1) is 0 Å². The summed E-state index contributed by atoms with van der Waals surface area (Å²) in [5.41, 5.74) is 3.99. The Kier molecular flexibility index (Phi) is 5.25. The van der Waals surface area contributed by atoms with Crippen LogP contribution in [0, 0.1) is 0 Å². The maximum atomic E-state index is 12.4. The summed E-state index contributed by atoms with van der Waals surface area (Å²) in [6.07, 6.45) is 3.46. The minimum absolute atomic E-state index is 0.191.